The van der Waals surface area contributed by atoms with Crippen LogP contribution in [0, 0.1) is 5.82 Å². The topological polar surface area (TPSA) is 59.6 Å². The van der Waals surface area contributed by atoms with Gasteiger partial charge in [-0.2, -0.15) is 0 Å². The van der Waals surface area contributed by atoms with Gasteiger partial charge in [-0.1, -0.05) is 17.7 Å². The smallest absolute Gasteiger partial charge is 0.129 e. The normalized spacial score (nSPS) is 24.9. The van der Waals surface area contributed by atoms with E-state index < -0.39 is 5.54 Å². The first kappa shape index (κ1) is 17.3. The van der Waals surface area contributed by atoms with Crippen LogP contribution < -0.4 is 11.1 Å². The highest BCUT2D eigenvalue weighted by Gasteiger charge is 2.33. The zero-order chi connectivity index (χ0) is 18.3. The second-order valence-corrected chi connectivity index (χ2v) is 7.58. The summed E-state index contributed by atoms with van der Waals surface area (Å²) in [6.07, 6.45) is 1.96. The molecule has 0 aromatic heterocycles. The molecule has 26 heavy (non-hydrogen) atoms. The van der Waals surface area contributed by atoms with E-state index in [9.17, 15) is 4.39 Å². The quantitative estimate of drug-likeness (QED) is 0.848. The van der Waals surface area contributed by atoms with Gasteiger partial charge >= 0.3 is 0 Å². The lowest BCUT2D eigenvalue weighted by molar-refractivity contribution is 0.104. The van der Waals surface area contributed by atoms with E-state index in [-0.39, 0.29) is 18.5 Å². The van der Waals surface area contributed by atoms with Crippen molar-refractivity contribution in [3.05, 3.63) is 63.9 Å². The number of amidine groups is 1. The Hall–Kier alpha value is -2.11. The van der Waals surface area contributed by atoms with E-state index in [1.807, 2.05) is 25.1 Å². The van der Waals surface area contributed by atoms with Crippen molar-refractivity contribution in [3.8, 4) is 0 Å². The molecule has 0 bridgehead atoms. The lowest BCUT2D eigenvalue weighted by Gasteiger charge is -2.31. The maximum Gasteiger partial charge on any atom is 0.129 e. The maximum absolute atomic E-state index is 14.5. The summed E-state index contributed by atoms with van der Waals surface area (Å²) in [6, 6.07) is 11.2. The van der Waals surface area contributed by atoms with Gasteiger partial charge in [0, 0.05) is 16.3 Å². The molecule has 1 unspecified atom stereocenters. The number of benzene rings is 2. The summed E-state index contributed by atoms with van der Waals surface area (Å²) in [5.41, 5.74) is 8.85. The first-order valence-electron chi connectivity index (χ1n) is 8.71. The zero-order valence-corrected chi connectivity index (χ0v) is 15.3. The molecule has 1 heterocycles. The Balaban J connectivity index is 1.63. The van der Waals surface area contributed by atoms with E-state index in [1.54, 1.807) is 6.07 Å². The second kappa shape index (κ2) is 6.56. The number of nitrogens with two attached hydrogens (primary N) is 1. The molecule has 4 nitrogen and oxygen atoms in total. The van der Waals surface area contributed by atoms with E-state index in [2.05, 4.69) is 16.4 Å². The fraction of sp³-hybridized carbons (Fsp3) is 0.350. The van der Waals surface area contributed by atoms with Gasteiger partial charge in [0.05, 0.1) is 12.6 Å². The SMILES string of the molecule is C[C@@]1(c2cc(NC3CCc4cc(Cl)ccc43)ccc2F)COCC(N)=N1. The van der Waals surface area contributed by atoms with Gasteiger partial charge in [-0.25, -0.2) is 4.39 Å². The average Bonchev–Trinajstić information content (AvgIpc) is 2.98. The van der Waals surface area contributed by atoms with E-state index in [4.69, 9.17) is 22.1 Å². The van der Waals surface area contributed by atoms with Gasteiger partial charge < -0.3 is 15.8 Å². The predicted octanol–water partition coefficient (Wildman–Crippen LogP) is 4.18. The largest absolute Gasteiger partial charge is 0.386 e. The molecule has 2 aliphatic rings. The molecule has 0 fully saturated rings. The van der Waals surface area contributed by atoms with E-state index >= 15 is 0 Å². The standard InChI is InChI=1S/C20H21ClFN3O/c1-20(11-26-10-19(23)25-20)16-9-14(4-6-17(16)22)24-18-7-2-12-8-13(21)3-5-15(12)18/h3-6,8-9,18,24H,2,7,10-11H2,1H3,(H2,23,25)/t18?,20-/m0/s1. The number of nitrogens with zero attached hydrogens (tertiary/aromatic N) is 1. The van der Waals surface area contributed by atoms with Gasteiger partial charge in [-0.3, -0.25) is 4.99 Å². The molecule has 6 heteroatoms. The fourth-order valence-electron chi connectivity index (χ4n) is 3.84. The molecular formula is C20H21ClFN3O. The molecule has 0 saturated heterocycles. The highest BCUT2D eigenvalue weighted by atomic mass is 35.5. The van der Waals surface area contributed by atoms with Crippen molar-refractivity contribution in [3.63, 3.8) is 0 Å². The number of hydrogen-bond acceptors (Lipinski definition) is 4. The number of anilines is 1. The summed E-state index contributed by atoms with van der Waals surface area (Å²) >= 11 is 6.09. The van der Waals surface area contributed by atoms with Crippen molar-refractivity contribution >= 4 is 23.1 Å². The molecule has 2 aromatic carbocycles. The molecule has 1 aliphatic carbocycles. The minimum absolute atomic E-state index is 0.185. The highest BCUT2D eigenvalue weighted by Crippen LogP contribution is 2.37. The van der Waals surface area contributed by atoms with Gasteiger partial charge in [0.15, 0.2) is 0 Å². The molecule has 0 amide bonds. The lowest BCUT2D eigenvalue weighted by atomic mass is 9.91. The summed E-state index contributed by atoms with van der Waals surface area (Å²) in [7, 11) is 0. The first-order valence-corrected chi connectivity index (χ1v) is 9.09. The Bertz CT molecular complexity index is 885. The van der Waals surface area contributed by atoms with Crippen LogP contribution >= 0.6 is 11.6 Å². The molecular weight excluding hydrogens is 353 g/mol. The predicted molar refractivity (Wildman–Crippen MR) is 102 cm³/mol. The van der Waals surface area contributed by atoms with Crippen LogP contribution in [0.5, 0.6) is 0 Å². The first-order chi connectivity index (χ1) is 12.4. The number of nitrogens with one attached hydrogen (secondary N) is 1. The van der Waals surface area contributed by atoms with Crippen molar-refractivity contribution in [1.29, 1.82) is 0 Å². The highest BCUT2D eigenvalue weighted by molar-refractivity contribution is 6.30. The Morgan fingerprint density at radius 2 is 2.15 bits per heavy atom. The summed E-state index contributed by atoms with van der Waals surface area (Å²) in [6.45, 7) is 2.43. The Morgan fingerprint density at radius 1 is 1.31 bits per heavy atom. The summed E-state index contributed by atoms with van der Waals surface area (Å²) in [4.78, 5) is 4.45. The molecule has 0 spiro atoms. The monoisotopic (exact) mass is 373 g/mol. The molecule has 2 aromatic rings. The van der Waals surface area contributed by atoms with Crippen molar-refractivity contribution in [1.82, 2.24) is 0 Å². The number of fused-ring (bicyclic) bond motifs is 1. The number of ether oxygens (including phenoxy) is 1. The van der Waals surface area contributed by atoms with E-state index in [0.29, 0.717) is 18.0 Å². The summed E-state index contributed by atoms with van der Waals surface area (Å²) in [5.74, 6) is 0.0804. The van der Waals surface area contributed by atoms with Crippen LogP contribution in [0.15, 0.2) is 41.4 Å². The van der Waals surface area contributed by atoms with Crippen LogP contribution in [-0.4, -0.2) is 19.0 Å². The Morgan fingerprint density at radius 3 is 2.96 bits per heavy atom. The third-order valence-electron chi connectivity index (χ3n) is 5.09. The molecule has 1 aliphatic heterocycles. The van der Waals surface area contributed by atoms with Crippen LogP contribution in [0.3, 0.4) is 0 Å². The molecule has 0 radical (unpaired) electrons. The molecule has 4 rings (SSSR count). The van der Waals surface area contributed by atoms with Gasteiger partial charge in [0.25, 0.3) is 0 Å². The van der Waals surface area contributed by atoms with Gasteiger partial charge in [-0.05, 0) is 61.2 Å². The summed E-state index contributed by atoms with van der Waals surface area (Å²) < 4.78 is 20.0. The third-order valence-corrected chi connectivity index (χ3v) is 5.33. The van der Waals surface area contributed by atoms with Gasteiger partial charge in [0.2, 0.25) is 0 Å². The van der Waals surface area contributed by atoms with Gasteiger partial charge in [-0.15, -0.1) is 0 Å². The minimum atomic E-state index is -0.814. The van der Waals surface area contributed by atoms with Crippen molar-refractivity contribution in [2.45, 2.75) is 31.3 Å². The van der Waals surface area contributed by atoms with Crippen LogP contribution in [0.4, 0.5) is 10.1 Å². The maximum atomic E-state index is 14.5. The lowest BCUT2D eigenvalue weighted by Crippen LogP contribution is -2.38. The zero-order valence-electron chi connectivity index (χ0n) is 14.6. The Kier molecular flexibility index (Phi) is 4.37. The number of hydrogen-bond donors (Lipinski definition) is 2. The Labute approximate surface area is 157 Å². The second-order valence-electron chi connectivity index (χ2n) is 7.14. The average molecular weight is 374 g/mol. The van der Waals surface area contributed by atoms with Crippen molar-refractivity contribution in [2.24, 2.45) is 10.7 Å². The van der Waals surface area contributed by atoms with E-state index in [1.165, 1.54) is 17.2 Å². The van der Waals surface area contributed by atoms with Crippen molar-refractivity contribution in [2.75, 3.05) is 18.5 Å². The van der Waals surface area contributed by atoms with Crippen LogP contribution in [-0.2, 0) is 16.7 Å². The number of aryl methyl sites for hydroxylation is 1. The van der Waals surface area contributed by atoms with Crippen LogP contribution in [0.1, 0.15) is 36.1 Å². The minimum Gasteiger partial charge on any atom is -0.386 e. The molecule has 0 saturated carbocycles. The number of rotatable bonds is 3. The van der Waals surface area contributed by atoms with E-state index in [0.717, 1.165) is 23.6 Å². The van der Waals surface area contributed by atoms with Crippen LogP contribution in [0.2, 0.25) is 5.02 Å². The summed E-state index contributed by atoms with van der Waals surface area (Å²) in [5, 5.41) is 4.28. The molecule has 136 valence electrons. The van der Waals surface area contributed by atoms with Crippen molar-refractivity contribution < 1.29 is 9.13 Å². The van der Waals surface area contributed by atoms with Crippen LogP contribution in [0.25, 0.3) is 0 Å². The third kappa shape index (κ3) is 3.17. The fourth-order valence-corrected chi connectivity index (χ4v) is 4.03. The molecule has 3 N–H and O–H groups in total. The number of halogens is 2. The number of aliphatic imine (C=N–C) groups is 1. The molecule has 2 atom stereocenters. The van der Waals surface area contributed by atoms with Gasteiger partial charge in [0.1, 0.15) is 23.8 Å².